The first-order chi connectivity index (χ1) is 15.5. The zero-order chi connectivity index (χ0) is 22.7. The van der Waals surface area contributed by atoms with Crippen molar-refractivity contribution in [3.05, 3.63) is 58.1 Å². The fourth-order valence-electron chi connectivity index (χ4n) is 4.37. The number of benzene rings is 2. The van der Waals surface area contributed by atoms with Crippen LogP contribution in [0.5, 0.6) is 5.75 Å². The summed E-state index contributed by atoms with van der Waals surface area (Å²) in [5.41, 5.74) is 5.24. The molecular formula is C24H28Cl2N4O2. The van der Waals surface area contributed by atoms with Gasteiger partial charge in [-0.05, 0) is 42.7 Å². The molecule has 0 aromatic heterocycles. The molecule has 1 saturated heterocycles. The molecule has 2 aromatic carbocycles. The Bertz CT molecular complexity index is 988. The van der Waals surface area contributed by atoms with Crippen molar-refractivity contribution >= 4 is 40.5 Å². The van der Waals surface area contributed by atoms with E-state index in [9.17, 15) is 4.79 Å². The van der Waals surface area contributed by atoms with Gasteiger partial charge in [0.05, 0.1) is 28.9 Å². The van der Waals surface area contributed by atoms with E-state index >= 15 is 0 Å². The van der Waals surface area contributed by atoms with Crippen LogP contribution in [0.4, 0.5) is 5.69 Å². The third-order valence-electron chi connectivity index (χ3n) is 6.12. The third-order valence-corrected chi connectivity index (χ3v) is 6.93. The molecule has 32 heavy (non-hydrogen) atoms. The van der Waals surface area contributed by atoms with E-state index in [0.717, 1.165) is 37.2 Å². The number of amides is 1. The maximum absolute atomic E-state index is 13.3. The van der Waals surface area contributed by atoms with E-state index in [1.165, 1.54) is 12.8 Å². The normalized spacial score (nSPS) is 21.8. The highest BCUT2D eigenvalue weighted by Crippen LogP contribution is 2.43. The number of hydrogen-bond acceptors (Lipinski definition) is 5. The number of ether oxygens (including phenoxy) is 1. The molecule has 2 aliphatic rings. The third kappa shape index (κ3) is 4.72. The SMILES string of the molecule is COc1ccc(C2C(C)C(C(=O)NN3CCCCCC3)=NN2c2cccc(Cl)c2Cl)cc1. The summed E-state index contributed by atoms with van der Waals surface area (Å²) in [4.78, 5) is 13.3. The number of nitrogens with one attached hydrogen (secondary N) is 1. The first-order valence-corrected chi connectivity index (χ1v) is 11.8. The van der Waals surface area contributed by atoms with Crippen LogP contribution < -0.4 is 15.2 Å². The van der Waals surface area contributed by atoms with Gasteiger partial charge in [-0.2, -0.15) is 5.10 Å². The molecule has 1 amide bonds. The molecule has 0 spiro atoms. The minimum Gasteiger partial charge on any atom is -0.497 e. The second kappa shape index (κ2) is 10.1. The van der Waals surface area contributed by atoms with Gasteiger partial charge in [-0.25, -0.2) is 5.01 Å². The number of halogens is 2. The molecule has 2 heterocycles. The zero-order valence-corrected chi connectivity index (χ0v) is 19.9. The standard InChI is InChI=1S/C24H28Cl2N4O2/c1-16-22(24(31)28-29-14-5-3-4-6-15-29)27-30(20-9-7-8-19(25)21(20)26)23(16)17-10-12-18(32-2)13-11-17/h7-13,16,23H,3-6,14-15H2,1-2H3,(H,28,31). The number of methoxy groups -OCH3 is 1. The van der Waals surface area contributed by atoms with E-state index in [0.29, 0.717) is 21.4 Å². The second-order valence-corrected chi connectivity index (χ2v) is 9.04. The summed E-state index contributed by atoms with van der Waals surface area (Å²) < 4.78 is 5.31. The molecular weight excluding hydrogens is 447 g/mol. The molecule has 4 rings (SSSR count). The Hall–Kier alpha value is -2.28. The van der Waals surface area contributed by atoms with E-state index in [-0.39, 0.29) is 17.9 Å². The topological polar surface area (TPSA) is 57.2 Å². The molecule has 0 aliphatic carbocycles. The van der Waals surface area contributed by atoms with Gasteiger partial charge in [0.1, 0.15) is 11.5 Å². The lowest BCUT2D eigenvalue weighted by atomic mass is 9.91. The van der Waals surface area contributed by atoms with Crippen LogP contribution in [0.2, 0.25) is 10.0 Å². The van der Waals surface area contributed by atoms with Crippen LogP contribution >= 0.6 is 23.2 Å². The van der Waals surface area contributed by atoms with E-state index in [4.69, 9.17) is 33.0 Å². The molecule has 2 aromatic rings. The maximum Gasteiger partial charge on any atom is 0.282 e. The summed E-state index contributed by atoms with van der Waals surface area (Å²) in [5.74, 6) is 0.441. The van der Waals surface area contributed by atoms with Gasteiger partial charge in [-0.1, -0.05) is 61.2 Å². The lowest BCUT2D eigenvalue weighted by molar-refractivity contribution is -0.119. The van der Waals surface area contributed by atoms with Crippen molar-refractivity contribution in [2.45, 2.75) is 38.6 Å². The van der Waals surface area contributed by atoms with Gasteiger partial charge in [0.2, 0.25) is 0 Å². The number of rotatable bonds is 5. The van der Waals surface area contributed by atoms with Crippen molar-refractivity contribution < 1.29 is 9.53 Å². The average molecular weight is 475 g/mol. The lowest BCUT2D eigenvalue weighted by Gasteiger charge is -2.28. The van der Waals surface area contributed by atoms with E-state index in [1.807, 2.05) is 53.3 Å². The summed E-state index contributed by atoms with van der Waals surface area (Å²) in [6.45, 7) is 3.74. The lowest BCUT2D eigenvalue weighted by Crippen LogP contribution is -2.46. The summed E-state index contributed by atoms with van der Waals surface area (Å²) in [6.07, 6.45) is 4.57. The van der Waals surface area contributed by atoms with E-state index in [2.05, 4.69) is 5.43 Å². The summed E-state index contributed by atoms with van der Waals surface area (Å²) in [7, 11) is 1.64. The van der Waals surface area contributed by atoms with Gasteiger partial charge in [0, 0.05) is 19.0 Å². The molecule has 2 unspecified atom stereocenters. The average Bonchev–Trinajstić information content (AvgIpc) is 2.95. The van der Waals surface area contributed by atoms with Gasteiger partial charge in [-0.15, -0.1) is 0 Å². The van der Waals surface area contributed by atoms with Crippen molar-refractivity contribution in [3.8, 4) is 5.75 Å². The largest absolute Gasteiger partial charge is 0.497 e. The molecule has 2 aliphatic heterocycles. The fraction of sp³-hybridized carbons (Fsp3) is 0.417. The van der Waals surface area contributed by atoms with Crippen LogP contribution in [0.3, 0.4) is 0 Å². The molecule has 0 radical (unpaired) electrons. The Morgan fingerprint density at radius 1 is 1.06 bits per heavy atom. The Kier molecular flexibility index (Phi) is 7.23. The van der Waals surface area contributed by atoms with Crippen LogP contribution in [-0.4, -0.2) is 36.8 Å². The molecule has 170 valence electrons. The zero-order valence-electron chi connectivity index (χ0n) is 18.4. The molecule has 1 N–H and O–H groups in total. The van der Waals surface area contributed by atoms with Crippen LogP contribution in [0.25, 0.3) is 0 Å². The Morgan fingerprint density at radius 2 is 1.75 bits per heavy atom. The maximum atomic E-state index is 13.3. The van der Waals surface area contributed by atoms with Crippen LogP contribution in [-0.2, 0) is 4.79 Å². The Labute approximate surface area is 199 Å². The second-order valence-electron chi connectivity index (χ2n) is 8.25. The minimum absolute atomic E-state index is 0.162. The van der Waals surface area contributed by atoms with Crippen LogP contribution in [0.1, 0.15) is 44.2 Å². The Morgan fingerprint density at radius 3 is 2.41 bits per heavy atom. The summed E-state index contributed by atoms with van der Waals surface area (Å²) in [6, 6.07) is 13.1. The van der Waals surface area contributed by atoms with Gasteiger partial charge in [0.15, 0.2) is 0 Å². The van der Waals surface area contributed by atoms with Crippen LogP contribution in [0, 0.1) is 5.92 Å². The van der Waals surface area contributed by atoms with Crippen molar-refractivity contribution in [2.75, 3.05) is 25.2 Å². The number of hydrazine groups is 1. The smallest absolute Gasteiger partial charge is 0.282 e. The number of hydrogen-bond donors (Lipinski definition) is 1. The van der Waals surface area contributed by atoms with Gasteiger partial charge in [-0.3, -0.25) is 15.2 Å². The van der Waals surface area contributed by atoms with Crippen molar-refractivity contribution in [1.29, 1.82) is 0 Å². The first kappa shape index (κ1) is 22.9. The number of hydrazone groups is 1. The first-order valence-electron chi connectivity index (χ1n) is 11.0. The molecule has 2 atom stereocenters. The van der Waals surface area contributed by atoms with Crippen LogP contribution in [0.15, 0.2) is 47.6 Å². The summed E-state index contributed by atoms with van der Waals surface area (Å²) >= 11 is 12.8. The molecule has 6 nitrogen and oxygen atoms in total. The highest BCUT2D eigenvalue weighted by Gasteiger charge is 2.40. The van der Waals surface area contributed by atoms with E-state index in [1.54, 1.807) is 13.2 Å². The van der Waals surface area contributed by atoms with Gasteiger partial charge < -0.3 is 4.74 Å². The minimum atomic E-state index is -0.207. The van der Waals surface area contributed by atoms with Gasteiger partial charge >= 0.3 is 0 Å². The fourth-order valence-corrected chi connectivity index (χ4v) is 4.75. The predicted octanol–water partition coefficient (Wildman–Crippen LogP) is 5.46. The number of carbonyl (C=O) groups is 1. The highest BCUT2D eigenvalue weighted by molar-refractivity contribution is 6.44. The van der Waals surface area contributed by atoms with E-state index < -0.39 is 0 Å². The molecule has 8 heteroatoms. The molecule has 0 bridgehead atoms. The van der Waals surface area contributed by atoms with Crippen molar-refractivity contribution in [2.24, 2.45) is 11.0 Å². The van der Waals surface area contributed by atoms with Gasteiger partial charge in [0.25, 0.3) is 5.91 Å². The summed E-state index contributed by atoms with van der Waals surface area (Å²) in [5, 5.41) is 9.46. The quantitative estimate of drug-likeness (QED) is 0.624. The number of anilines is 1. The monoisotopic (exact) mass is 474 g/mol. The van der Waals surface area contributed by atoms with Crippen molar-refractivity contribution in [3.63, 3.8) is 0 Å². The number of nitrogens with zero attached hydrogens (tertiary/aromatic N) is 3. The highest BCUT2D eigenvalue weighted by atomic mass is 35.5. The Balaban J connectivity index is 1.67. The van der Waals surface area contributed by atoms with Crippen molar-refractivity contribution in [1.82, 2.24) is 10.4 Å². The molecule has 0 saturated carbocycles. The number of carbonyl (C=O) groups excluding carboxylic acids is 1. The molecule has 1 fully saturated rings. The predicted molar refractivity (Wildman–Crippen MR) is 129 cm³/mol.